The van der Waals surface area contributed by atoms with E-state index in [4.69, 9.17) is 10.8 Å². The van der Waals surface area contributed by atoms with Crippen molar-refractivity contribution in [1.82, 2.24) is 10.2 Å². The molecule has 0 aromatic carbocycles. The summed E-state index contributed by atoms with van der Waals surface area (Å²) in [5.74, 6) is -2.01. The number of rotatable bonds is 5. The maximum atomic E-state index is 11.9. The Morgan fingerprint density at radius 3 is 2.67 bits per heavy atom. The highest BCUT2D eigenvalue weighted by molar-refractivity contribution is 5.87. The van der Waals surface area contributed by atoms with Gasteiger partial charge in [0.05, 0.1) is 6.42 Å². The third-order valence-electron chi connectivity index (χ3n) is 3.11. The molecule has 18 heavy (non-hydrogen) atoms. The number of carboxylic acids is 1. The maximum Gasteiger partial charge on any atom is 0.326 e. The third kappa shape index (κ3) is 3.61. The standard InChI is InChI=1S/C11H19N3O4/c1-2-7-4-3-5-14(7)11(18)13-8(10(16)17)6-9(12)15/h7-8H,2-6H2,1H3,(H2,12,15)(H,13,18)(H,16,17)/t7?,8-/m1/s1. The molecule has 0 aromatic heterocycles. The summed E-state index contributed by atoms with van der Waals surface area (Å²) in [5.41, 5.74) is 4.95. The summed E-state index contributed by atoms with van der Waals surface area (Å²) in [6.07, 6.45) is 2.28. The molecule has 0 aliphatic carbocycles. The summed E-state index contributed by atoms with van der Waals surface area (Å²) in [6, 6.07) is -1.55. The Kier molecular flexibility index (Phi) is 4.94. The van der Waals surface area contributed by atoms with E-state index in [2.05, 4.69) is 5.32 Å². The number of carboxylic acid groups (broad SMARTS) is 1. The van der Waals surface area contributed by atoms with Gasteiger partial charge in [-0.15, -0.1) is 0 Å². The first-order valence-electron chi connectivity index (χ1n) is 6.04. The van der Waals surface area contributed by atoms with Crippen LogP contribution in [0.5, 0.6) is 0 Å². The number of carbonyl (C=O) groups is 3. The van der Waals surface area contributed by atoms with Crippen LogP contribution in [0.3, 0.4) is 0 Å². The molecule has 4 N–H and O–H groups in total. The second-order valence-electron chi connectivity index (χ2n) is 4.41. The first-order chi connectivity index (χ1) is 8.45. The van der Waals surface area contributed by atoms with E-state index in [0.29, 0.717) is 6.54 Å². The van der Waals surface area contributed by atoms with Crippen LogP contribution in [0, 0.1) is 0 Å². The monoisotopic (exact) mass is 257 g/mol. The van der Waals surface area contributed by atoms with Crippen molar-refractivity contribution in [1.29, 1.82) is 0 Å². The van der Waals surface area contributed by atoms with Gasteiger partial charge in [-0.1, -0.05) is 6.92 Å². The van der Waals surface area contributed by atoms with Crippen LogP contribution in [-0.2, 0) is 9.59 Å². The summed E-state index contributed by atoms with van der Waals surface area (Å²) in [4.78, 5) is 35.2. The number of likely N-dealkylation sites (tertiary alicyclic amines) is 1. The molecule has 0 bridgehead atoms. The van der Waals surface area contributed by atoms with Crippen LogP contribution < -0.4 is 11.1 Å². The highest BCUT2D eigenvalue weighted by Crippen LogP contribution is 2.19. The average molecular weight is 257 g/mol. The van der Waals surface area contributed by atoms with Crippen LogP contribution in [0.15, 0.2) is 0 Å². The van der Waals surface area contributed by atoms with Crippen molar-refractivity contribution in [3.8, 4) is 0 Å². The number of urea groups is 1. The average Bonchev–Trinajstić information content (AvgIpc) is 2.75. The fraction of sp³-hybridized carbons (Fsp3) is 0.727. The van der Waals surface area contributed by atoms with Gasteiger partial charge in [0.1, 0.15) is 6.04 Å². The summed E-state index contributed by atoms with van der Waals surface area (Å²) in [7, 11) is 0. The number of nitrogens with one attached hydrogen (secondary N) is 1. The summed E-state index contributed by atoms with van der Waals surface area (Å²) >= 11 is 0. The zero-order chi connectivity index (χ0) is 13.7. The van der Waals surface area contributed by atoms with E-state index in [1.54, 1.807) is 4.90 Å². The molecular weight excluding hydrogens is 238 g/mol. The fourth-order valence-electron chi connectivity index (χ4n) is 2.16. The van der Waals surface area contributed by atoms with Gasteiger partial charge in [0, 0.05) is 12.6 Å². The molecular formula is C11H19N3O4. The molecule has 1 saturated heterocycles. The number of nitrogens with two attached hydrogens (primary N) is 1. The topological polar surface area (TPSA) is 113 Å². The highest BCUT2D eigenvalue weighted by atomic mass is 16.4. The van der Waals surface area contributed by atoms with E-state index >= 15 is 0 Å². The number of hydrogen-bond donors (Lipinski definition) is 3. The predicted molar refractivity (Wildman–Crippen MR) is 63.8 cm³/mol. The van der Waals surface area contributed by atoms with Crippen molar-refractivity contribution in [2.24, 2.45) is 5.73 Å². The molecule has 1 fully saturated rings. The van der Waals surface area contributed by atoms with Gasteiger partial charge in [-0.2, -0.15) is 0 Å². The second-order valence-corrected chi connectivity index (χ2v) is 4.41. The van der Waals surface area contributed by atoms with Crippen LogP contribution in [-0.4, -0.2) is 46.5 Å². The van der Waals surface area contributed by atoms with Crippen LogP contribution in [0.4, 0.5) is 4.79 Å². The van der Waals surface area contributed by atoms with Gasteiger partial charge in [0.2, 0.25) is 5.91 Å². The molecule has 0 saturated carbocycles. The van der Waals surface area contributed by atoms with E-state index in [-0.39, 0.29) is 6.04 Å². The first kappa shape index (κ1) is 14.3. The Morgan fingerprint density at radius 2 is 2.17 bits per heavy atom. The lowest BCUT2D eigenvalue weighted by atomic mass is 10.2. The Labute approximate surface area is 105 Å². The number of hydrogen-bond acceptors (Lipinski definition) is 3. The molecule has 0 aromatic rings. The molecule has 7 nitrogen and oxygen atoms in total. The van der Waals surface area contributed by atoms with Crippen LogP contribution in [0.25, 0.3) is 0 Å². The second kappa shape index (κ2) is 6.23. The number of nitrogens with zero attached hydrogens (tertiary/aromatic N) is 1. The number of amides is 3. The zero-order valence-electron chi connectivity index (χ0n) is 10.4. The van der Waals surface area contributed by atoms with Gasteiger partial charge >= 0.3 is 12.0 Å². The van der Waals surface area contributed by atoms with Crippen molar-refractivity contribution in [2.45, 2.75) is 44.7 Å². The first-order valence-corrected chi connectivity index (χ1v) is 6.04. The number of primary amides is 1. The molecule has 0 spiro atoms. The molecule has 2 atom stereocenters. The lowest BCUT2D eigenvalue weighted by Gasteiger charge is -2.25. The van der Waals surface area contributed by atoms with Crippen LogP contribution >= 0.6 is 0 Å². The minimum Gasteiger partial charge on any atom is -0.480 e. The maximum absolute atomic E-state index is 11.9. The van der Waals surface area contributed by atoms with Crippen molar-refractivity contribution in [2.75, 3.05) is 6.54 Å². The molecule has 7 heteroatoms. The zero-order valence-corrected chi connectivity index (χ0v) is 10.4. The Hall–Kier alpha value is -1.79. The van der Waals surface area contributed by atoms with Gasteiger partial charge in [-0.25, -0.2) is 9.59 Å². The predicted octanol–water partition coefficient (Wildman–Crippen LogP) is -0.101. The molecule has 1 rings (SSSR count). The Bertz CT molecular complexity index is 345. The van der Waals surface area contributed by atoms with Crippen molar-refractivity contribution >= 4 is 17.9 Å². The summed E-state index contributed by atoms with van der Waals surface area (Å²) in [6.45, 7) is 2.60. The minimum atomic E-state index is -1.26. The van der Waals surface area contributed by atoms with Crippen molar-refractivity contribution in [3.63, 3.8) is 0 Å². The quantitative estimate of drug-likeness (QED) is 0.638. The Morgan fingerprint density at radius 1 is 1.50 bits per heavy atom. The van der Waals surface area contributed by atoms with E-state index in [1.807, 2.05) is 6.92 Å². The smallest absolute Gasteiger partial charge is 0.326 e. The molecule has 1 aliphatic heterocycles. The van der Waals surface area contributed by atoms with Gasteiger partial charge in [0.25, 0.3) is 0 Å². The lowest BCUT2D eigenvalue weighted by molar-refractivity contribution is -0.141. The van der Waals surface area contributed by atoms with E-state index in [9.17, 15) is 14.4 Å². The van der Waals surface area contributed by atoms with Crippen LogP contribution in [0.2, 0.25) is 0 Å². The molecule has 1 unspecified atom stereocenters. The van der Waals surface area contributed by atoms with E-state index in [1.165, 1.54) is 0 Å². The fourth-order valence-corrected chi connectivity index (χ4v) is 2.16. The Balaban J connectivity index is 2.60. The van der Waals surface area contributed by atoms with Crippen LogP contribution in [0.1, 0.15) is 32.6 Å². The van der Waals surface area contributed by atoms with Crippen molar-refractivity contribution in [3.05, 3.63) is 0 Å². The van der Waals surface area contributed by atoms with Gasteiger partial charge in [-0.3, -0.25) is 4.79 Å². The largest absolute Gasteiger partial charge is 0.480 e. The van der Waals surface area contributed by atoms with Gasteiger partial charge < -0.3 is 21.1 Å². The lowest BCUT2D eigenvalue weighted by Crippen LogP contribution is -2.50. The van der Waals surface area contributed by atoms with E-state index in [0.717, 1.165) is 19.3 Å². The normalized spacial score (nSPS) is 20.5. The third-order valence-corrected chi connectivity index (χ3v) is 3.11. The molecule has 102 valence electrons. The minimum absolute atomic E-state index is 0.146. The number of aliphatic carboxylic acids is 1. The molecule has 1 heterocycles. The molecule has 1 aliphatic rings. The van der Waals surface area contributed by atoms with Gasteiger partial charge in [0.15, 0.2) is 0 Å². The molecule has 0 radical (unpaired) electrons. The molecule has 3 amide bonds. The summed E-state index contributed by atoms with van der Waals surface area (Å²) < 4.78 is 0. The highest BCUT2D eigenvalue weighted by Gasteiger charge is 2.30. The number of carbonyl (C=O) groups excluding carboxylic acids is 2. The van der Waals surface area contributed by atoms with Gasteiger partial charge in [-0.05, 0) is 19.3 Å². The van der Waals surface area contributed by atoms with Crippen molar-refractivity contribution < 1.29 is 19.5 Å². The van der Waals surface area contributed by atoms with E-state index < -0.39 is 30.4 Å². The summed E-state index contributed by atoms with van der Waals surface area (Å²) in [5, 5.41) is 11.2. The SMILES string of the molecule is CCC1CCCN1C(=O)N[C@H](CC(N)=O)C(=O)O.